The van der Waals surface area contributed by atoms with E-state index < -0.39 is 58.3 Å². The van der Waals surface area contributed by atoms with Gasteiger partial charge in [-0.1, -0.05) is 41.5 Å². The lowest BCUT2D eigenvalue weighted by atomic mass is 9.77. The summed E-state index contributed by atoms with van der Waals surface area (Å²) in [6.45, 7) is 11.6. The van der Waals surface area contributed by atoms with E-state index in [9.17, 15) is 22.4 Å². The van der Waals surface area contributed by atoms with Gasteiger partial charge in [0.25, 0.3) is 0 Å². The van der Waals surface area contributed by atoms with Crippen LogP contribution in [-0.2, 0) is 21.6 Å². The predicted octanol–water partition coefficient (Wildman–Crippen LogP) is 5.51. The smallest absolute Gasteiger partial charge is 0.314 e. The molecule has 2 rings (SSSR count). The average Bonchev–Trinajstić information content (AvgIpc) is 2.63. The highest BCUT2D eigenvalue weighted by atomic mass is 19.2. The number of esters is 1. The minimum atomic E-state index is -1.94. The quantitative estimate of drug-likeness (QED) is 0.280. The van der Waals surface area contributed by atoms with Crippen molar-refractivity contribution in [3.8, 4) is 0 Å². The third kappa shape index (κ3) is 4.79. The zero-order valence-corrected chi connectivity index (χ0v) is 18.2. The second kappa shape index (κ2) is 8.32. The van der Waals surface area contributed by atoms with Gasteiger partial charge < -0.3 is 4.74 Å². The summed E-state index contributed by atoms with van der Waals surface area (Å²) in [6.07, 6.45) is 3.07. The van der Waals surface area contributed by atoms with Gasteiger partial charge in [0.1, 0.15) is 12.4 Å². The first-order valence-electron chi connectivity index (χ1n) is 9.46. The molecule has 0 radical (unpaired) electrons. The van der Waals surface area contributed by atoms with Gasteiger partial charge in [-0.2, -0.15) is 0 Å². The van der Waals surface area contributed by atoms with E-state index in [0.29, 0.717) is 11.4 Å². The van der Waals surface area contributed by atoms with Crippen molar-refractivity contribution in [3.63, 3.8) is 0 Å². The standard InChI is InChI=1S/C22H26F4N2O2/c1-11-13(16(24)18(26)17(25)15(11)23)10-30-19(29)14(21(2,3)4)12-8-27-20(28-9-12)22(5,6)7/h8-9,14H,10H2,1-7H3. The first kappa shape index (κ1) is 23.8. The van der Waals surface area contributed by atoms with Crippen LogP contribution in [0.15, 0.2) is 12.4 Å². The molecule has 0 fully saturated rings. The van der Waals surface area contributed by atoms with Crippen LogP contribution in [-0.4, -0.2) is 15.9 Å². The van der Waals surface area contributed by atoms with E-state index >= 15 is 0 Å². The maximum absolute atomic E-state index is 14.1. The molecule has 8 heteroatoms. The van der Waals surface area contributed by atoms with E-state index in [-0.39, 0.29) is 5.41 Å². The van der Waals surface area contributed by atoms with Gasteiger partial charge in [0, 0.05) is 28.9 Å². The van der Waals surface area contributed by atoms with Crippen LogP contribution >= 0.6 is 0 Å². The minimum Gasteiger partial charge on any atom is -0.460 e. The van der Waals surface area contributed by atoms with Crippen molar-refractivity contribution in [2.24, 2.45) is 5.41 Å². The Morgan fingerprint density at radius 3 is 1.90 bits per heavy atom. The number of hydrogen-bond donors (Lipinski definition) is 0. The van der Waals surface area contributed by atoms with Crippen molar-refractivity contribution in [2.45, 2.75) is 66.4 Å². The number of hydrogen-bond acceptors (Lipinski definition) is 4. The molecule has 0 aliphatic carbocycles. The molecule has 4 nitrogen and oxygen atoms in total. The van der Waals surface area contributed by atoms with Gasteiger partial charge in [0.2, 0.25) is 0 Å². The average molecular weight is 426 g/mol. The van der Waals surface area contributed by atoms with Crippen LogP contribution < -0.4 is 0 Å². The number of halogens is 4. The lowest BCUT2D eigenvalue weighted by Crippen LogP contribution is -2.29. The first-order chi connectivity index (χ1) is 13.7. The number of nitrogens with zero attached hydrogens (tertiary/aromatic N) is 2. The summed E-state index contributed by atoms with van der Waals surface area (Å²) in [7, 11) is 0. The van der Waals surface area contributed by atoms with Gasteiger partial charge in [-0.3, -0.25) is 4.79 Å². The second-order valence-electron chi connectivity index (χ2n) is 9.36. The lowest BCUT2D eigenvalue weighted by Gasteiger charge is -2.29. The van der Waals surface area contributed by atoms with Crippen LogP contribution in [0.25, 0.3) is 0 Å². The van der Waals surface area contributed by atoms with E-state index in [2.05, 4.69) is 9.97 Å². The molecule has 1 heterocycles. The summed E-state index contributed by atoms with van der Waals surface area (Å²) in [5.41, 5.74) is -1.40. The van der Waals surface area contributed by atoms with E-state index in [1.54, 1.807) is 20.8 Å². The first-order valence-corrected chi connectivity index (χ1v) is 9.46. The van der Waals surface area contributed by atoms with E-state index in [4.69, 9.17) is 4.74 Å². The molecule has 0 amide bonds. The molecule has 2 aromatic rings. The summed E-state index contributed by atoms with van der Waals surface area (Å²) < 4.78 is 59.9. The summed E-state index contributed by atoms with van der Waals surface area (Å²) >= 11 is 0. The molecule has 0 N–H and O–H groups in total. The molecule has 1 aromatic carbocycles. The Morgan fingerprint density at radius 2 is 1.43 bits per heavy atom. The molecular weight excluding hydrogens is 400 g/mol. The molecule has 164 valence electrons. The molecule has 0 spiro atoms. The summed E-state index contributed by atoms with van der Waals surface area (Å²) in [4.78, 5) is 21.5. The number of carbonyl (C=O) groups excluding carboxylic acids is 1. The van der Waals surface area contributed by atoms with Crippen molar-refractivity contribution in [2.75, 3.05) is 0 Å². The van der Waals surface area contributed by atoms with Crippen LogP contribution in [0.4, 0.5) is 17.6 Å². The van der Waals surface area contributed by atoms with Gasteiger partial charge in [0.05, 0.1) is 5.92 Å². The third-order valence-electron chi connectivity index (χ3n) is 4.76. The predicted molar refractivity (Wildman–Crippen MR) is 104 cm³/mol. The topological polar surface area (TPSA) is 52.1 Å². The molecule has 0 saturated heterocycles. The van der Waals surface area contributed by atoms with Crippen molar-refractivity contribution in [1.82, 2.24) is 9.97 Å². The SMILES string of the molecule is Cc1c(F)c(F)c(F)c(F)c1COC(=O)C(c1cnc(C(C)(C)C)nc1)C(C)(C)C. The Kier molecular flexibility index (Phi) is 6.59. The fourth-order valence-corrected chi connectivity index (χ4v) is 3.05. The highest BCUT2D eigenvalue weighted by molar-refractivity contribution is 5.79. The Hall–Kier alpha value is -2.51. The Balaban J connectivity index is 2.33. The summed E-state index contributed by atoms with van der Waals surface area (Å²) in [5.74, 6) is -7.89. The number of ether oxygens (including phenoxy) is 1. The van der Waals surface area contributed by atoms with Crippen LogP contribution in [0, 0.1) is 35.6 Å². The summed E-state index contributed by atoms with van der Waals surface area (Å²) in [5, 5.41) is 0. The lowest BCUT2D eigenvalue weighted by molar-refractivity contribution is -0.149. The monoisotopic (exact) mass is 426 g/mol. The van der Waals surface area contributed by atoms with Gasteiger partial charge in [-0.15, -0.1) is 0 Å². The second-order valence-corrected chi connectivity index (χ2v) is 9.36. The number of aromatic nitrogens is 2. The molecule has 0 saturated carbocycles. The Morgan fingerprint density at radius 1 is 0.933 bits per heavy atom. The molecule has 30 heavy (non-hydrogen) atoms. The number of rotatable bonds is 4. The molecule has 0 aliphatic rings. The van der Waals surface area contributed by atoms with E-state index in [1.165, 1.54) is 12.4 Å². The van der Waals surface area contributed by atoms with E-state index in [0.717, 1.165) is 6.92 Å². The van der Waals surface area contributed by atoms with Crippen LogP contribution in [0.5, 0.6) is 0 Å². The van der Waals surface area contributed by atoms with Gasteiger partial charge in [-0.05, 0) is 17.9 Å². The fraction of sp³-hybridized carbons (Fsp3) is 0.500. The zero-order chi connectivity index (χ0) is 23.0. The number of benzene rings is 1. The van der Waals surface area contributed by atoms with Crippen molar-refractivity contribution < 1.29 is 27.1 Å². The maximum atomic E-state index is 14.1. The highest BCUT2D eigenvalue weighted by Gasteiger charge is 2.36. The molecule has 1 unspecified atom stereocenters. The summed E-state index contributed by atoms with van der Waals surface area (Å²) in [6, 6.07) is 0. The molecule has 1 atom stereocenters. The highest BCUT2D eigenvalue weighted by Crippen LogP contribution is 2.36. The van der Waals surface area contributed by atoms with Gasteiger partial charge in [-0.25, -0.2) is 27.5 Å². The van der Waals surface area contributed by atoms with Gasteiger partial charge in [0.15, 0.2) is 23.3 Å². The number of carbonyl (C=O) groups is 1. The molecule has 1 aromatic heterocycles. The molecule has 0 bridgehead atoms. The molecule has 0 aliphatic heterocycles. The minimum absolute atomic E-state index is 0.276. The Bertz CT molecular complexity index is 917. The van der Waals surface area contributed by atoms with Crippen LogP contribution in [0.3, 0.4) is 0 Å². The van der Waals surface area contributed by atoms with Crippen molar-refractivity contribution >= 4 is 5.97 Å². The van der Waals surface area contributed by atoms with Crippen LogP contribution in [0.1, 0.15) is 70.0 Å². The molecular formula is C22H26F4N2O2. The largest absolute Gasteiger partial charge is 0.460 e. The van der Waals surface area contributed by atoms with Gasteiger partial charge >= 0.3 is 5.97 Å². The van der Waals surface area contributed by atoms with Crippen molar-refractivity contribution in [3.05, 3.63) is 58.2 Å². The van der Waals surface area contributed by atoms with E-state index in [1.807, 2.05) is 20.8 Å². The van der Waals surface area contributed by atoms with Crippen LogP contribution in [0.2, 0.25) is 0 Å². The normalized spacial score (nSPS) is 13.3. The Labute approximate surface area is 173 Å². The maximum Gasteiger partial charge on any atom is 0.314 e. The van der Waals surface area contributed by atoms with Crippen molar-refractivity contribution in [1.29, 1.82) is 0 Å². The fourth-order valence-electron chi connectivity index (χ4n) is 3.05. The third-order valence-corrected chi connectivity index (χ3v) is 4.76. The zero-order valence-electron chi connectivity index (χ0n) is 18.2.